The number of imidazole rings is 1. The van der Waals surface area contributed by atoms with Crippen LogP contribution in [0.1, 0.15) is 35.7 Å². The Hall–Kier alpha value is -1.99. The van der Waals surface area contributed by atoms with Gasteiger partial charge in [0, 0.05) is 11.6 Å². The van der Waals surface area contributed by atoms with Crippen LogP contribution in [0.2, 0.25) is 5.02 Å². The summed E-state index contributed by atoms with van der Waals surface area (Å²) in [5, 5.41) is 9.29. The molecular weight excluding hydrogens is 274 g/mol. The highest BCUT2D eigenvalue weighted by Gasteiger charge is 2.23. The van der Waals surface area contributed by atoms with E-state index in [0.29, 0.717) is 28.9 Å². The summed E-state index contributed by atoms with van der Waals surface area (Å²) in [5.74, 6) is 0.921. The maximum Gasteiger partial charge on any atom is 0.138 e. The molecule has 4 nitrogen and oxygen atoms in total. The van der Waals surface area contributed by atoms with Crippen molar-refractivity contribution < 1.29 is 4.74 Å². The Bertz CT molecular complexity index is 659. The van der Waals surface area contributed by atoms with Gasteiger partial charge in [0.05, 0.1) is 35.3 Å². The fraction of sp³-hybridized carbons (Fsp3) is 0.333. The van der Waals surface area contributed by atoms with Gasteiger partial charge in [-0.3, -0.25) is 0 Å². The smallest absolute Gasteiger partial charge is 0.138 e. The van der Waals surface area contributed by atoms with E-state index in [0.717, 1.165) is 25.0 Å². The summed E-state index contributed by atoms with van der Waals surface area (Å²) in [6.45, 7) is 0.559. The van der Waals surface area contributed by atoms with Gasteiger partial charge in [-0.1, -0.05) is 11.6 Å². The largest absolute Gasteiger partial charge is 0.491 e. The normalized spacial score (nSPS) is 17.3. The van der Waals surface area contributed by atoms with Gasteiger partial charge in [-0.05, 0) is 37.5 Å². The minimum Gasteiger partial charge on any atom is -0.491 e. The van der Waals surface area contributed by atoms with Crippen LogP contribution in [0.3, 0.4) is 0 Å². The van der Waals surface area contributed by atoms with Crippen molar-refractivity contribution in [1.29, 1.82) is 5.26 Å². The number of fused-ring (bicyclic) bond motifs is 1. The number of aromatic nitrogens is 2. The van der Waals surface area contributed by atoms with Gasteiger partial charge in [0.2, 0.25) is 0 Å². The fourth-order valence-electron chi connectivity index (χ4n) is 2.59. The van der Waals surface area contributed by atoms with Gasteiger partial charge in [-0.25, -0.2) is 4.98 Å². The van der Waals surface area contributed by atoms with Crippen molar-refractivity contribution in [3.05, 3.63) is 46.5 Å². The number of nitriles is 1. The van der Waals surface area contributed by atoms with Gasteiger partial charge in [0.1, 0.15) is 5.75 Å². The first-order chi connectivity index (χ1) is 9.78. The molecule has 1 aliphatic carbocycles. The molecule has 3 rings (SSSR count). The number of hydrogen-bond donors (Lipinski definition) is 1. The van der Waals surface area contributed by atoms with Crippen LogP contribution >= 0.6 is 11.6 Å². The van der Waals surface area contributed by atoms with Crippen LogP contribution < -0.4 is 4.74 Å². The molecule has 0 saturated heterocycles. The monoisotopic (exact) mass is 287 g/mol. The summed E-state index contributed by atoms with van der Waals surface area (Å²) < 4.78 is 5.81. The quantitative estimate of drug-likeness (QED) is 0.940. The second kappa shape index (κ2) is 5.56. The number of rotatable bonds is 3. The summed E-state index contributed by atoms with van der Waals surface area (Å²) in [6, 6.07) is 7.13. The molecule has 1 atom stereocenters. The highest BCUT2D eigenvalue weighted by Crippen LogP contribution is 2.31. The van der Waals surface area contributed by atoms with E-state index in [1.165, 1.54) is 5.69 Å². The topological polar surface area (TPSA) is 61.7 Å². The van der Waals surface area contributed by atoms with Crippen LogP contribution in [0.4, 0.5) is 0 Å². The molecule has 1 unspecified atom stereocenters. The van der Waals surface area contributed by atoms with E-state index >= 15 is 0 Å². The number of H-pyrrole nitrogens is 1. The predicted molar refractivity (Wildman–Crippen MR) is 75.9 cm³/mol. The van der Waals surface area contributed by atoms with E-state index in [-0.39, 0.29) is 0 Å². The summed E-state index contributed by atoms with van der Waals surface area (Å²) >= 11 is 6.11. The zero-order valence-corrected chi connectivity index (χ0v) is 11.7. The predicted octanol–water partition coefficient (Wildman–Crippen LogP) is 3.43. The SMILES string of the molecule is N#Cc1ccc(OCC2CCCc3[nH]cnc32)c(Cl)c1. The number of hydrogen-bond acceptors (Lipinski definition) is 3. The molecule has 1 N–H and O–H groups in total. The van der Waals surface area contributed by atoms with Crippen LogP contribution in [0, 0.1) is 11.3 Å². The summed E-state index contributed by atoms with van der Waals surface area (Å²) in [6.07, 6.45) is 5.03. The summed E-state index contributed by atoms with van der Waals surface area (Å²) in [7, 11) is 0. The van der Waals surface area contributed by atoms with E-state index < -0.39 is 0 Å². The van der Waals surface area contributed by atoms with Crippen molar-refractivity contribution in [1.82, 2.24) is 9.97 Å². The molecule has 1 aromatic heterocycles. The third-order valence-corrected chi connectivity index (χ3v) is 3.91. The highest BCUT2D eigenvalue weighted by atomic mass is 35.5. The Morgan fingerprint density at radius 2 is 2.40 bits per heavy atom. The Kier molecular flexibility index (Phi) is 3.62. The van der Waals surface area contributed by atoms with Gasteiger partial charge >= 0.3 is 0 Å². The number of nitrogens with one attached hydrogen (secondary N) is 1. The fourth-order valence-corrected chi connectivity index (χ4v) is 2.82. The van der Waals surface area contributed by atoms with Gasteiger partial charge in [-0.15, -0.1) is 0 Å². The van der Waals surface area contributed by atoms with Crippen LogP contribution in [-0.2, 0) is 6.42 Å². The van der Waals surface area contributed by atoms with Crippen molar-refractivity contribution in [2.75, 3.05) is 6.61 Å². The van der Waals surface area contributed by atoms with Gasteiger partial charge in [0.15, 0.2) is 0 Å². The Labute approximate surface area is 122 Å². The van der Waals surface area contributed by atoms with Crippen LogP contribution in [0.25, 0.3) is 0 Å². The number of benzene rings is 1. The zero-order valence-electron chi connectivity index (χ0n) is 10.9. The lowest BCUT2D eigenvalue weighted by Crippen LogP contribution is -2.16. The van der Waals surface area contributed by atoms with E-state index in [9.17, 15) is 0 Å². The van der Waals surface area contributed by atoms with Crippen molar-refractivity contribution in [2.24, 2.45) is 0 Å². The third kappa shape index (κ3) is 2.50. The first-order valence-corrected chi connectivity index (χ1v) is 7.00. The summed E-state index contributed by atoms with van der Waals surface area (Å²) in [5.41, 5.74) is 2.87. The molecule has 0 bridgehead atoms. The highest BCUT2D eigenvalue weighted by molar-refractivity contribution is 6.32. The first-order valence-electron chi connectivity index (χ1n) is 6.62. The molecule has 5 heteroatoms. The Morgan fingerprint density at radius 1 is 1.50 bits per heavy atom. The second-order valence-electron chi connectivity index (χ2n) is 4.92. The van der Waals surface area contributed by atoms with Crippen molar-refractivity contribution in [2.45, 2.75) is 25.2 Å². The molecule has 1 aromatic carbocycles. The van der Waals surface area contributed by atoms with E-state index in [4.69, 9.17) is 21.6 Å². The lowest BCUT2D eigenvalue weighted by molar-refractivity contribution is 0.272. The average molecular weight is 288 g/mol. The third-order valence-electron chi connectivity index (χ3n) is 3.62. The van der Waals surface area contributed by atoms with E-state index in [2.05, 4.69) is 16.0 Å². The lowest BCUT2D eigenvalue weighted by Gasteiger charge is -2.21. The second-order valence-corrected chi connectivity index (χ2v) is 5.33. The summed E-state index contributed by atoms with van der Waals surface area (Å²) in [4.78, 5) is 7.57. The van der Waals surface area contributed by atoms with E-state index in [1.54, 1.807) is 24.5 Å². The molecule has 0 amide bonds. The molecule has 1 heterocycles. The molecule has 2 aromatic rings. The van der Waals surface area contributed by atoms with Gasteiger partial charge in [-0.2, -0.15) is 5.26 Å². The number of aromatic amines is 1. The Balaban J connectivity index is 1.71. The number of halogens is 1. The molecule has 1 aliphatic rings. The van der Waals surface area contributed by atoms with Crippen molar-refractivity contribution in [3.8, 4) is 11.8 Å². The first kappa shape index (κ1) is 13.0. The van der Waals surface area contributed by atoms with Crippen molar-refractivity contribution >= 4 is 11.6 Å². The number of nitrogens with zero attached hydrogens (tertiary/aromatic N) is 2. The van der Waals surface area contributed by atoms with Crippen LogP contribution in [0.15, 0.2) is 24.5 Å². The molecule has 0 fully saturated rings. The van der Waals surface area contributed by atoms with Gasteiger partial charge < -0.3 is 9.72 Å². The molecule has 0 aliphatic heterocycles. The molecule has 0 radical (unpaired) electrons. The van der Waals surface area contributed by atoms with Crippen molar-refractivity contribution in [3.63, 3.8) is 0 Å². The minimum absolute atomic E-state index is 0.303. The number of ether oxygens (including phenoxy) is 1. The lowest BCUT2D eigenvalue weighted by atomic mass is 9.90. The Morgan fingerprint density at radius 3 is 3.20 bits per heavy atom. The maximum absolute atomic E-state index is 8.81. The number of aryl methyl sites for hydroxylation is 1. The van der Waals surface area contributed by atoms with E-state index in [1.807, 2.05) is 0 Å². The standard InChI is InChI=1S/C15H14ClN3O/c16-12-6-10(7-17)4-5-14(12)20-8-11-2-1-3-13-15(11)19-9-18-13/h4-6,9,11H,1-3,8H2,(H,18,19). The minimum atomic E-state index is 0.303. The molecule has 102 valence electrons. The molecular formula is C15H14ClN3O. The van der Waals surface area contributed by atoms with Gasteiger partial charge in [0.25, 0.3) is 0 Å². The van der Waals surface area contributed by atoms with Crippen LogP contribution in [-0.4, -0.2) is 16.6 Å². The maximum atomic E-state index is 8.81. The molecule has 0 spiro atoms. The molecule has 0 saturated carbocycles. The average Bonchev–Trinajstić information content (AvgIpc) is 2.95. The zero-order chi connectivity index (χ0) is 13.9. The molecule has 20 heavy (non-hydrogen) atoms. The van der Waals surface area contributed by atoms with Crippen LogP contribution in [0.5, 0.6) is 5.75 Å².